The molecule has 1 heterocycles. The summed E-state index contributed by atoms with van der Waals surface area (Å²) in [5.41, 5.74) is -0.118. The number of aliphatic hydroxyl groups is 1. The molecule has 0 radical (unpaired) electrons. The summed E-state index contributed by atoms with van der Waals surface area (Å²) in [5, 5.41) is 20.4. The predicted molar refractivity (Wildman–Crippen MR) is 46.1 cm³/mol. The highest BCUT2D eigenvalue weighted by atomic mass is 16.4. The summed E-state index contributed by atoms with van der Waals surface area (Å²) in [6.07, 6.45) is 2.11. The second-order valence-corrected chi connectivity index (χ2v) is 3.31. The van der Waals surface area contributed by atoms with Gasteiger partial charge in [-0.1, -0.05) is 0 Å². The molecule has 0 spiro atoms. The third-order valence-corrected chi connectivity index (χ3v) is 2.16. The number of anilines is 1. The maximum Gasteiger partial charge on any atom is 0.357 e. The van der Waals surface area contributed by atoms with Crippen molar-refractivity contribution in [3.05, 3.63) is 12.0 Å². The van der Waals surface area contributed by atoms with Crippen molar-refractivity contribution in [3.8, 4) is 0 Å². The van der Waals surface area contributed by atoms with E-state index in [2.05, 4.69) is 10.3 Å². The fraction of sp³-hybridized carbons (Fsp3) is 0.500. The number of carbonyl (C=O) groups is 1. The molecule has 0 unspecified atom stereocenters. The molecule has 1 aliphatic carbocycles. The maximum absolute atomic E-state index is 10.4. The van der Waals surface area contributed by atoms with E-state index in [1.807, 2.05) is 0 Å². The van der Waals surface area contributed by atoms with Crippen molar-refractivity contribution in [3.63, 3.8) is 0 Å². The normalized spacial score (nSPS) is 25.5. The minimum absolute atomic E-state index is 0.118. The molecule has 1 fully saturated rings. The van der Waals surface area contributed by atoms with E-state index >= 15 is 0 Å². The van der Waals surface area contributed by atoms with Crippen LogP contribution in [0.5, 0.6) is 0 Å². The van der Waals surface area contributed by atoms with Crippen LogP contribution in [0.4, 0.5) is 6.01 Å². The molecule has 76 valence electrons. The molecule has 1 aromatic rings. The van der Waals surface area contributed by atoms with Crippen LogP contribution >= 0.6 is 0 Å². The number of aromatic nitrogens is 1. The van der Waals surface area contributed by atoms with Gasteiger partial charge < -0.3 is 19.9 Å². The molecule has 3 N–H and O–H groups in total. The van der Waals surface area contributed by atoms with Gasteiger partial charge in [0.25, 0.3) is 6.01 Å². The number of hydrogen-bond donors (Lipinski definition) is 3. The van der Waals surface area contributed by atoms with E-state index < -0.39 is 5.97 Å². The smallest absolute Gasteiger partial charge is 0.357 e. The highest BCUT2D eigenvalue weighted by molar-refractivity contribution is 5.85. The van der Waals surface area contributed by atoms with E-state index in [1.165, 1.54) is 0 Å². The summed E-state index contributed by atoms with van der Waals surface area (Å²) < 4.78 is 4.88. The van der Waals surface area contributed by atoms with Crippen molar-refractivity contribution in [1.82, 2.24) is 4.98 Å². The first-order chi connectivity index (χ1) is 6.65. The molecular weight excluding hydrogens is 188 g/mol. The Morgan fingerprint density at radius 2 is 2.36 bits per heavy atom. The van der Waals surface area contributed by atoms with Gasteiger partial charge in [0.2, 0.25) is 0 Å². The molecule has 0 atom stereocenters. The van der Waals surface area contributed by atoms with E-state index in [0.29, 0.717) is 12.8 Å². The topological polar surface area (TPSA) is 95.6 Å². The Kier molecular flexibility index (Phi) is 2.12. The third kappa shape index (κ3) is 1.69. The lowest BCUT2D eigenvalue weighted by molar-refractivity contribution is 0.0690. The fourth-order valence-electron chi connectivity index (χ4n) is 1.32. The monoisotopic (exact) mass is 198 g/mol. The van der Waals surface area contributed by atoms with Crippen LogP contribution in [0.3, 0.4) is 0 Å². The number of aromatic carboxylic acids is 1. The zero-order chi connectivity index (χ0) is 10.1. The van der Waals surface area contributed by atoms with Crippen LogP contribution in [0.2, 0.25) is 0 Å². The quantitative estimate of drug-likeness (QED) is 0.646. The second kappa shape index (κ2) is 3.30. The first-order valence-electron chi connectivity index (χ1n) is 4.28. The summed E-state index contributed by atoms with van der Waals surface area (Å²) in [6, 6.07) is 0.324. The van der Waals surface area contributed by atoms with Crippen molar-refractivity contribution in [2.45, 2.75) is 25.0 Å². The number of hydrogen-bond acceptors (Lipinski definition) is 5. The van der Waals surface area contributed by atoms with Crippen LogP contribution in [-0.4, -0.2) is 33.3 Å². The zero-order valence-corrected chi connectivity index (χ0v) is 7.30. The minimum atomic E-state index is -1.12. The lowest BCUT2D eigenvalue weighted by Crippen LogP contribution is -2.39. The number of carboxylic acid groups (broad SMARTS) is 1. The van der Waals surface area contributed by atoms with Crippen LogP contribution in [-0.2, 0) is 0 Å². The lowest BCUT2D eigenvalue weighted by Gasteiger charge is -2.31. The summed E-state index contributed by atoms with van der Waals surface area (Å²) in [6.45, 7) is 0. The van der Waals surface area contributed by atoms with Crippen LogP contribution in [0.25, 0.3) is 0 Å². The van der Waals surface area contributed by atoms with Crippen molar-refractivity contribution in [1.29, 1.82) is 0 Å². The standard InChI is InChI=1S/C8H10N2O4/c11-5-1-4(2-5)9-8-10-6(3-14-8)7(12)13/h3-5,11H,1-2H2,(H,9,10)(H,12,13). The average Bonchev–Trinajstić information content (AvgIpc) is 2.50. The molecule has 0 aliphatic heterocycles. The highest BCUT2D eigenvalue weighted by Crippen LogP contribution is 2.23. The number of oxazole rings is 1. The van der Waals surface area contributed by atoms with Gasteiger partial charge in [0, 0.05) is 6.04 Å². The first kappa shape index (κ1) is 9.01. The number of nitrogens with zero attached hydrogens (tertiary/aromatic N) is 1. The zero-order valence-electron chi connectivity index (χ0n) is 7.30. The van der Waals surface area contributed by atoms with Crippen molar-refractivity contribution in [2.75, 3.05) is 5.32 Å². The van der Waals surface area contributed by atoms with E-state index in [1.54, 1.807) is 0 Å². The first-order valence-corrected chi connectivity index (χ1v) is 4.28. The van der Waals surface area contributed by atoms with Gasteiger partial charge in [-0.25, -0.2) is 4.79 Å². The molecule has 1 aliphatic rings. The van der Waals surface area contributed by atoms with Crippen LogP contribution in [0.1, 0.15) is 23.3 Å². The van der Waals surface area contributed by atoms with Gasteiger partial charge in [-0.3, -0.25) is 0 Å². The number of aliphatic hydroxyl groups excluding tert-OH is 1. The van der Waals surface area contributed by atoms with E-state index in [0.717, 1.165) is 6.26 Å². The molecule has 0 saturated heterocycles. The number of nitrogens with one attached hydrogen (secondary N) is 1. The Hall–Kier alpha value is -1.56. The van der Waals surface area contributed by atoms with Gasteiger partial charge in [-0.15, -0.1) is 0 Å². The van der Waals surface area contributed by atoms with Gasteiger partial charge >= 0.3 is 5.97 Å². The summed E-state index contributed by atoms with van der Waals surface area (Å²) in [4.78, 5) is 14.1. The molecule has 0 amide bonds. The largest absolute Gasteiger partial charge is 0.476 e. The van der Waals surface area contributed by atoms with Gasteiger partial charge in [-0.05, 0) is 12.8 Å². The molecular formula is C8H10N2O4. The minimum Gasteiger partial charge on any atom is -0.476 e. The molecule has 1 aromatic heterocycles. The van der Waals surface area contributed by atoms with Gasteiger partial charge in [-0.2, -0.15) is 4.98 Å². The Bertz CT molecular complexity index is 343. The van der Waals surface area contributed by atoms with Crippen LogP contribution in [0, 0.1) is 0 Å². The SMILES string of the molecule is O=C(O)c1coc(NC2CC(O)C2)n1. The van der Waals surface area contributed by atoms with Crippen molar-refractivity contribution < 1.29 is 19.4 Å². The van der Waals surface area contributed by atoms with Crippen molar-refractivity contribution >= 4 is 12.0 Å². The molecule has 0 aromatic carbocycles. The molecule has 14 heavy (non-hydrogen) atoms. The van der Waals surface area contributed by atoms with E-state index in [-0.39, 0.29) is 23.9 Å². The second-order valence-electron chi connectivity index (χ2n) is 3.31. The summed E-state index contributed by atoms with van der Waals surface area (Å²) >= 11 is 0. The van der Waals surface area contributed by atoms with Gasteiger partial charge in [0.1, 0.15) is 6.26 Å². The molecule has 1 saturated carbocycles. The number of carboxylic acids is 1. The van der Waals surface area contributed by atoms with E-state index in [4.69, 9.17) is 14.6 Å². The van der Waals surface area contributed by atoms with Gasteiger partial charge in [0.15, 0.2) is 5.69 Å². The summed E-state index contributed by atoms with van der Waals surface area (Å²) in [5.74, 6) is -1.12. The Labute approximate surface area is 79.6 Å². The van der Waals surface area contributed by atoms with Crippen LogP contribution in [0.15, 0.2) is 10.7 Å². The molecule has 2 rings (SSSR count). The predicted octanol–water partition coefficient (Wildman–Crippen LogP) is 0.308. The molecule has 6 nitrogen and oxygen atoms in total. The Morgan fingerprint density at radius 1 is 1.64 bits per heavy atom. The number of rotatable bonds is 3. The molecule has 0 bridgehead atoms. The van der Waals surface area contributed by atoms with Gasteiger partial charge in [0.05, 0.1) is 6.10 Å². The average molecular weight is 198 g/mol. The molecule has 6 heteroatoms. The lowest BCUT2D eigenvalue weighted by atomic mass is 9.90. The van der Waals surface area contributed by atoms with Crippen molar-refractivity contribution in [2.24, 2.45) is 0 Å². The van der Waals surface area contributed by atoms with Crippen LogP contribution < -0.4 is 5.32 Å². The summed E-state index contributed by atoms with van der Waals surface area (Å²) in [7, 11) is 0. The third-order valence-electron chi connectivity index (χ3n) is 2.16. The highest BCUT2D eigenvalue weighted by Gasteiger charge is 2.28. The Balaban J connectivity index is 1.93. The fourth-order valence-corrected chi connectivity index (χ4v) is 1.32. The van der Waals surface area contributed by atoms with E-state index in [9.17, 15) is 4.79 Å². The maximum atomic E-state index is 10.4. The Morgan fingerprint density at radius 3 is 2.86 bits per heavy atom.